The van der Waals surface area contributed by atoms with Crippen LogP contribution < -0.4 is 4.74 Å². The van der Waals surface area contributed by atoms with Gasteiger partial charge in [0.25, 0.3) is 5.91 Å². The molecule has 2 aliphatic rings. The van der Waals surface area contributed by atoms with E-state index in [2.05, 4.69) is 5.10 Å². The Bertz CT molecular complexity index is 1260. The Labute approximate surface area is 191 Å². The third-order valence-electron chi connectivity index (χ3n) is 6.50. The Hall–Kier alpha value is -3.12. The van der Waals surface area contributed by atoms with Gasteiger partial charge in [0.2, 0.25) is 5.91 Å². The van der Waals surface area contributed by atoms with Crippen LogP contribution in [0, 0.1) is 6.92 Å². The second-order valence-electron chi connectivity index (χ2n) is 8.44. The third kappa shape index (κ3) is 3.48. The van der Waals surface area contributed by atoms with Gasteiger partial charge in [0, 0.05) is 28.1 Å². The van der Waals surface area contributed by atoms with Crippen molar-refractivity contribution >= 4 is 40.0 Å². The molecule has 0 bridgehead atoms. The van der Waals surface area contributed by atoms with E-state index in [0.29, 0.717) is 23.4 Å². The topological polar surface area (TPSA) is 63.9 Å². The number of hydrogen-bond donors (Lipinski definition) is 0. The van der Waals surface area contributed by atoms with Crippen LogP contribution >= 0.6 is 11.6 Å². The van der Waals surface area contributed by atoms with Crippen molar-refractivity contribution in [1.29, 1.82) is 0 Å². The van der Waals surface area contributed by atoms with Crippen LogP contribution in [-0.2, 0) is 11.2 Å². The van der Waals surface area contributed by atoms with Crippen LogP contribution in [0.3, 0.4) is 0 Å². The highest BCUT2D eigenvalue weighted by molar-refractivity contribution is 6.30. The van der Waals surface area contributed by atoms with Crippen molar-refractivity contribution in [3.05, 3.63) is 64.3 Å². The van der Waals surface area contributed by atoms with Crippen LogP contribution in [0.1, 0.15) is 47.3 Å². The summed E-state index contributed by atoms with van der Waals surface area (Å²) in [6.45, 7) is 1.94. The molecule has 0 spiro atoms. The van der Waals surface area contributed by atoms with Gasteiger partial charge in [-0.1, -0.05) is 11.6 Å². The van der Waals surface area contributed by atoms with E-state index in [-0.39, 0.29) is 17.9 Å². The lowest BCUT2D eigenvalue weighted by Gasteiger charge is -2.31. The van der Waals surface area contributed by atoms with Crippen molar-refractivity contribution < 1.29 is 14.3 Å². The van der Waals surface area contributed by atoms with E-state index >= 15 is 0 Å². The number of benzene rings is 2. The molecule has 0 atom stereocenters. The molecule has 2 aromatic carbocycles. The number of ether oxygens (including phenoxy) is 1. The maximum Gasteiger partial charge on any atom is 0.262 e. The average Bonchev–Trinajstić information content (AvgIpc) is 3.23. The van der Waals surface area contributed by atoms with Crippen molar-refractivity contribution in [1.82, 2.24) is 9.58 Å². The first-order chi connectivity index (χ1) is 15.5. The number of amides is 1. The summed E-state index contributed by atoms with van der Waals surface area (Å²) in [6.07, 6.45) is 4.04. The van der Waals surface area contributed by atoms with Gasteiger partial charge in [0.1, 0.15) is 5.75 Å². The van der Waals surface area contributed by atoms with Crippen LogP contribution in [0.15, 0.2) is 47.6 Å². The lowest BCUT2D eigenvalue weighted by atomic mass is 9.92. The van der Waals surface area contributed by atoms with Crippen molar-refractivity contribution in [2.75, 3.05) is 7.11 Å². The number of hydrazone groups is 1. The SMILES string of the molecule is COc1ccc2c(c1)c(CC1=NN(C3CCC3)C(=O)C1)c(C)n2C(=O)c1ccc(Cl)cc1. The van der Waals surface area contributed by atoms with Gasteiger partial charge in [-0.3, -0.25) is 14.2 Å². The Balaban J connectivity index is 1.58. The van der Waals surface area contributed by atoms with Crippen molar-refractivity contribution in [3.8, 4) is 5.75 Å². The summed E-state index contributed by atoms with van der Waals surface area (Å²) in [5.74, 6) is 0.664. The Kier molecular flexibility index (Phi) is 5.25. The minimum Gasteiger partial charge on any atom is -0.497 e. The number of nitrogens with zero attached hydrogens (tertiary/aromatic N) is 3. The number of methoxy groups -OCH3 is 1. The molecule has 0 saturated heterocycles. The molecule has 0 radical (unpaired) electrons. The normalized spacial score (nSPS) is 16.4. The molecule has 0 N–H and O–H groups in total. The van der Waals surface area contributed by atoms with E-state index in [9.17, 15) is 9.59 Å². The zero-order chi connectivity index (χ0) is 22.4. The van der Waals surface area contributed by atoms with Crippen molar-refractivity contribution in [3.63, 3.8) is 0 Å². The molecule has 5 rings (SSSR count). The number of carbonyl (C=O) groups is 2. The summed E-state index contributed by atoms with van der Waals surface area (Å²) >= 11 is 6.01. The van der Waals surface area contributed by atoms with Gasteiger partial charge < -0.3 is 4.74 Å². The van der Waals surface area contributed by atoms with E-state index in [1.54, 1.807) is 41.0 Å². The van der Waals surface area contributed by atoms with Crippen LogP contribution in [0.2, 0.25) is 5.02 Å². The Morgan fingerprint density at radius 2 is 1.94 bits per heavy atom. The van der Waals surface area contributed by atoms with E-state index in [4.69, 9.17) is 16.3 Å². The highest BCUT2D eigenvalue weighted by atomic mass is 35.5. The average molecular weight is 450 g/mol. The maximum absolute atomic E-state index is 13.4. The minimum absolute atomic E-state index is 0.0703. The first-order valence-corrected chi connectivity index (χ1v) is 11.2. The summed E-state index contributed by atoms with van der Waals surface area (Å²) in [4.78, 5) is 25.9. The lowest BCUT2D eigenvalue weighted by Crippen LogP contribution is -2.37. The predicted octanol–water partition coefficient (Wildman–Crippen LogP) is 4.98. The highest BCUT2D eigenvalue weighted by Crippen LogP contribution is 2.33. The molecular formula is C25H24ClN3O3. The first kappa shape index (κ1) is 20.8. The number of carbonyl (C=O) groups excluding carboxylic acids is 2. The van der Waals surface area contributed by atoms with E-state index in [1.807, 2.05) is 25.1 Å². The molecule has 0 unspecified atom stereocenters. The number of fused-ring (bicyclic) bond motifs is 1. The lowest BCUT2D eigenvalue weighted by molar-refractivity contribution is -0.132. The van der Waals surface area contributed by atoms with Gasteiger partial charge in [-0.15, -0.1) is 0 Å². The minimum atomic E-state index is -0.124. The monoisotopic (exact) mass is 449 g/mol. The smallest absolute Gasteiger partial charge is 0.262 e. The van der Waals surface area contributed by atoms with E-state index < -0.39 is 0 Å². The van der Waals surface area contributed by atoms with E-state index in [0.717, 1.165) is 52.9 Å². The third-order valence-corrected chi connectivity index (χ3v) is 6.75. The fourth-order valence-corrected chi connectivity index (χ4v) is 4.64. The maximum atomic E-state index is 13.4. The molecule has 32 heavy (non-hydrogen) atoms. The van der Waals surface area contributed by atoms with Gasteiger partial charge in [0.05, 0.1) is 30.8 Å². The fraction of sp³-hybridized carbons (Fsp3) is 0.320. The molecule has 164 valence electrons. The van der Waals surface area contributed by atoms with Gasteiger partial charge in [-0.2, -0.15) is 5.10 Å². The number of aromatic nitrogens is 1. The zero-order valence-electron chi connectivity index (χ0n) is 18.1. The fourth-order valence-electron chi connectivity index (χ4n) is 4.51. The van der Waals surface area contributed by atoms with Crippen LogP contribution in [-0.4, -0.2) is 40.3 Å². The molecule has 1 saturated carbocycles. The van der Waals surface area contributed by atoms with Crippen LogP contribution in [0.4, 0.5) is 0 Å². The van der Waals surface area contributed by atoms with Crippen LogP contribution in [0.25, 0.3) is 10.9 Å². The quantitative estimate of drug-likeness (QED) is 0.551. The number of rotatable bonds is 5. The second-order valence-corrected chi connectivity index (χ2v) is 8.87. The summed E-state index contributed by atoms with van der Waals surface area (Å²) in [5, 5.41) is 7.85. The molecule has 7 heteroatoms. The van der Waals surface area contributed by atoms with Gasteiger partial charge in [-0.25, -0.2) is 5.01 Å². The van der Waals surface area contributed by atoms with Gasteiger partial charge in [0.15, 0.2) is 0 Å². The molecule has 1 amide bonds. The molecule has 1 aromatic heterocycles. The van der Waals surface area contributed by atoms with Gasteiger partial charge >= 0.3 is 0 Å². The highest BCUT2D eigenvalue weighted by Gasteiger charge is 2.34. The molecule has 1 aliphatic heterocycles. The molecular weight excluding hydrogens is 426 g/mol. The molecule has 2 heterocycles. The summed E-state index contributed by atoms with van der Waals surface area (Å²) in [5.41, 5.74) is 4.03. The zero-order valence-corrected chi connectivity index (χ0v) is 18.9. The molecule has 1 fully saturated rings. The largest absolute Gasteiger partial charge is 0.497 e. The Morgan fingerprint density at radius 1 is 1.19 bits per heavy atom. The van der Waals surface area contributed by atoms with Crippen molar-refractivity contribution in [2.45, 2.75) is 45.1 Å². The second kappa shape index (κ2) is 8.10. The predicted molar refractivity (Wildman–Crippen MR) is 125 cm³/mol. The molecule has 3 aromatic rings. The van der Waals surface area contributed by atoms with Crippen molar-refractivity contribution in [2.24, 2.45) is 5.10 Å². The Morgan fingerprint density at radius 3 is 2.59 bits per heavy atom. The first-order valence-electron chi connectivity index (χ1n) is 10.8. The summed E-state index contributed by atoms with van der Waals surface area (Å²) in [7, 11) is 1.62. The summed E-state index contributed by atoms with van der Waals surface area (Å²) < 4.78 is 7.17. The van der Waals surface area contributed by atoms with Gasteiger partial charge in [-0.05, 0) is 74.2 Å². The van der Waals surface area contributed by atoms with Crippen LogP contribution in [0.5, 0.6) is 5.75 Å². The standard InChI is InChI=1S/C25H24ClN3O3/c1-15-21(12-18-13-24(30)29(27-18)19-4-3-5-19)22-14-20(32-2)10-11-23(22)28(15)25(31)16-6-8-17(26)9-7-16/h6-11,14,19H,3-5,12-13H2,1-2H3. The van der Waals surface area contributed by atoms with E-state index in [1.165, 1.54) is 0 Å². The number of halogens is 1. The molecule has 6 nitrogen and oxygen atoms in total. The molecule has 1 aliphatic carbocycles. The summed E-state index contributed by atoms with van der Waals surface area (Å²) in [6, 6.07) is 12.8. The number of hydrogen-bond acceptors (Lipinski definition) is 4.